The van der Waals surface area contributed by atoms with Crippen LogP contribution in [0.1, 0.15) is 11.8 Å². The third-order valence-corrected chi connectivity index (χ3v) is 4.88. The maximum atomic E-state index is 12.7. The van der Waals surface area contributed by atoms with Crippen LogP contribution in [0.4, 0.5) is 17.6 Å². The van der Waals surface area contributed by atoms with E-state index in [0.29, 0.717) is 11.4 Å². The van der Waals surface area contributed by atoms with Crippen molar-refractivity contribution in [2.45, 2.75) is 30.7 Å². The van der Waals surface area contributed by atoms with Gasteiger partial charge < -0.3 is 5.32 Å². The molecule has 0 spiro atoms. The van der Waals surface area contributed by atoms with Crippen molar-refractivity contribution in [2.24, 2.45) is 0 Å². The van der Waals surface area contributed by atoms with E-state index in [0.717, 1.165) is 11.3 Å². The Kier molecular flexibility index (Phi) is 5.92. The molecule has 0 aliphatic rings. The number of alkyl halides is 4. The number of rotatable bonds is 8. The first-order chi connectivity index (χ1) is 9.20. The summed E-state index contributed by atoms with van der Waals surface area (Å²) < 4.78 is 74.6. The van der Waals surface area contributed by atoms with E-state index < -0.39 is 28.9 Å². The van der Waals surface area contributed by atoms with E-state index in [1.165, 1.54) is 16.2 Å². The molecule has 0 unspecified atom stereocenters. The molecule has 0 bridgehead atoms. The van der Waals surface area contributed by atoms with E-state index in [-0.39, 0.29) is 11.4 Å². The van der Waals surface area contributed by atoms with Crippen molar-refractivity contribution >= 4 is 21.4 Å². The van der Waals surface area contributed by atoms with Crippen LogP contribution in [0.15, 0.2) is 16.3 Å². The van der Waals surface area contributed by atoms with Crippen LogP contribution in [0.3, 0.4) is 0 Å². The molecule has 0 radical (unpaired) electrons. The van der Waals surface area contributed by atoms with Gasteiger partial charge in [0.1, 0.15) is 0 Å². The molecule has 0 fully saturated rings. The lowest BCUT2D eigenvalue weighted by Crippen LogP contribution is -2.41. The maximum absolute atomic E-state index is 12.7. The van der Waals surface area contributed by atoms with Gasteiger partial charge in [0.2, 0.25) is 10.0 Å². The molecule has 10 heteroatoms. The Bertz CT molecular complexity index is 531. The first-order valence-electron chi connectivity index (χ1n) is 5.63. The topological polar surface area (TPSA) is 58.2 Å². The van der Waals surface area contributed by atoms with Crippen LogP contribution in [0.5, 0.6) is 0 Å². The van der Waals surface area contributed by atoms with E-state index in [9.17, 15) is 26.0 Å². The van der Waals surface area contributed by atoms with Gasteiger partial charge in [-0.05, 0) is 18.0 Å². The number of hydrogen-bond acceptors (Lipinski definition) is 4. The molecule has 0 saturated heterocycles. The number of hydrogen-bond donors (Lipinski definition) is 2. The average molecular weight is 334 g/mol. The van der Waals surface area contributed by atoms with Crippen molar-refractivity contribution in [3.8, 4) is 0 Å². The molecule has 0 aliphatic carbocycles. The van der Waals surface area contributed by atoms with Crippen molar-refractivity contribution in [2.75, 3.05) is 13.1 Å². The molecule has 4 nitrogen and oxygen atoms in total. The Morgan fingerprint density at radius 1 is 1.40 bits per heavy atom. The van der Waals surface area contributed by atoms with Gasteiger partial charge in [0.25, 0.3) is 0 Å². The fourth-order valence-corrected chi connectivity index (χ4v) is 3.74. The zero-order valence-corrected chi connectivity index (χ0v) is 12.1. The minimum absolute atomic E-state index is 0.173. The first kappa shape index (κ1) is 17.3. The summed E-state index contributed by atoms with van der Waals surface area (Å²) in [5.41, 5.74) is 0. The summed E-state index contributed by atoms with van der Waals surface area (Å²) >= 11 is 1.14. The Hall–Kier alpha value is -0.710. The van der Waals surface area contributed by atoms with Crippen molar-refractivity contribution in [3.63, 3.8) is 0 Å². The number of halogens is 4. The van der Waals surface area contributed by atoms with Crippen molar-refractivity contribution < 1.29 is 26.0 Å². The normalized spacial score (nSPS) is 13.1. The van der Waals surface area contributed by atoms with Crippen molar-refractivity contribution in [1.29, 1.82) is 0 Å². The van der Waals surface area contributed by atoms with Gasteiger partial charge in [-0.15, -0.1) is 11.3 Å². The highest BCUT2D eigenvalue weighted by atomic mass is 32.2. The fourth-order valence-electron chi connectivity index (χ4n) is 1.28. The molecular formula is C10H14F4N2O2S2. The van der Waals surface area contributed by atoms with Crippen LogP contribution in [-0.4, -0.2) is 33.9 Å². The number of nitrogens with one attached hydrogen (secondary N) is 2. The monoisotopic (exact) mass is 334 g/mol. The Labute approximate surface area is 118 Å². The van der Waals surface area contributed by atoms with Gasteiger partial charge in [-0.2, -0.15) is 8.78 Å². The predicted molar refractivity (Wildman–Crippen MR) is 67.8 cm³/mol. The minimum atomic E-state index is -4.40. The van der Waals surface area contributed by atoms with E-state index in [1.54, 1.807) is 0 Å². The molecule has 1 heterocycles. The largest absolute Gasteiger partial charge is 0.320 e. The Balaban J connectivity index is 2.82. The highest BCUT2D eigenvalue weighted by Crippen LogP contribution is 2.25. The summed E-state index contributed by atoms with van der Waals surface area (Å²) in [6.07, 6.45) is -3.92. The van der Waals surface area contributed by atoms with E-state index >= 15 is 0 Å². The average Bonchev–Trinajstić information content (AvgIpc) is 2.83. The quantitative estimate of drug-likeness (QED) is 0.715. The summed E-state index contributed by atoms with van der Waals surface area (Å²) in [4.78, 5) is 0.258. The lowest BCUT2D eigenvalue weighted by atomic mass is 10.4. The van der Waals surface area contributed by atoms with Crippen LogP contribution in [0.25, 0.3) is 0 Å². The molecule has 2 N–H and O–H groups in total. The van der Waals surface area contributed by atoms with Crippen molar-refractivity contribution in [1.82, 2.24) is 10.0 Å². The second kappa shape index (κ2) is 6.83. The molecule has 0 atom stereocenters. The van der Waals surface area contributed by atoms with Gasteiger partial charge in [-0.25, -0.2) is 21.9 Å². The zero-order valence-electron chi connectivity index (χ0n) is 10.5. The fraction of sp³-hybridized carbons (Fsp3) is 0.600. The molecule has 1 rings (SSSR count). The van der Waals surface area contributed by atoms with Gasteiger partial charge in [0.15, 0.2) is 0 Å². The maximum Gasteiger partial charge on any atom is 0.320 e. The van der Waals surface area contributed by atoms with E-state index in [2.05, 4.69) is 5.32 Å². The predicted octanol–water partition coefficient (Wildman–Crippen LogP) is 2.04. The molecule has 116 valence electrons. The summed E-state index contributed by atoms with van der Waals surface area (Å²) in [5, 5.41) is 4.40. The number of thiophene rings is 1. The van der Waals surface area contributed by atoms with Gasteiger partial charge >= 0.3 is 12.3 Å². The van der Waals surface area contributed by atoms with Crippen LogP contribution in [0.2, 0.25) is 0 Å². The molecule has 0 aliphatic heterocycles. The third-order valence-electron chi connectivity index (χ3n) is 2.35. The van der Waals surface area contributed by atoms with Gasteiger partial charge in [-0.3, -0.25) is 0 Å². The summed E-state index contributed by atoms with van der Waals surface area (Å²) in [5.74, 6) is -4.40. The lowest BCUT2D eigenvalue weighted by molar-refractivity contribution is -0.122. The van der Waals surface area contributed by atoms with Crippen LogP contribution in [-0.2, 0) is 16.6 Å². The lowest BCUT2D eigenvalue weighted by Gasteiger charge is -2.16. The van der Waals surface area contributed by atoms with E-state index in [1.807, 2.05) is 6.92 Å². The smallest absolute Gasteiger partial charge is 0.312 e. The second-order valence-electron chi connectivity index (χ2n) is 3.87. The summed E-state index contributed by atoms with van der Waals surface area (Å²) in [6.45, 7) is 1.05. The highest BCUT2D eigenvalue weighted by molar-refractivity contribution is 7.89. The van der Waals surface area contributed by atoms with Gasteiger partial charge in [-0.1, -0.05) is 6.92 Å². The number of sulfonamides is 1. The standard InChI is InChI=1S/C10H14F4N2O2S2/c1-2-15-5-7-8(3-4-19-7)20(17,18)16-6-10(13,14)9(11)12/h3-4,9,15-16H,2,5-6H2,1H3. The summed E-state index contributed by atoms with van der Waals surface area (Å²) in [6, 6.07) is 1.25. The molecular weight excluding hydrogens is 320 g/mol. The third kappa shape index (κ3) is 4.40. The zero-order chi connectivity index (χ0) is 15.4. The van der Waals surface area contributed by atoms with Crippen LogP contribution in [0, 0.1) is 0 Å². The Morgan fingerprint density at radius 3 is 2.60 bits per heavy atom. The molecule has 0 amide bonds. The minimum Gasteiger partial charge on any atom is -0.312 e. The molecule has 1 aromatic rings. The highest BCUT2D eigenvalue weighted by Gasteiger charge is 2.41. The van der Waals surface area contributed by atoms with Crippen LogP contribution >= 0.6 is 11.3 Å². The second-order valence-corrected chi connectivity index (χ2v) is 6.61. The SMILES string of the molecule is CCNCc1sccc1S(=O)(=O)NCC(F)(F)C(F)F. The van der Waals surface area contributed by atoms with Gasteiger partial charge in [0.05, 0.1) is 11.4 Å². The first-order valence-corrected chi connectivity index (χ1v) is 7.99. The molecule has 0 saturated carbocycles. The molecule has 0 aromatic carbocycles. The summed E-state index contributed by atoms with van der Waals surface area (Å²) in [7, 11) is -4.24. The molecule has 1 aromatic heterocycles. The van der Waals surface area contributed by atoms with Gasteiger partial charge in [0, 0.05) is 11.4 Å². The molecule has 20 heavy (non-hydrogen) atoms. The van der Waals surface area contributed by atoms with E-state index in [4.69, 9.17) is 0 Å². The Morgan fingerprint density at radius 2 is 2.05 bits per heavy atom. The van der Waals surface area contributed by atoms with Crippen LogP contribution < -0.4 is 10.0 Å². The van der Waals surface area contributed by atoms with Crippen molar-refractivity contribution in [3.05, 3.63) is 16.3 Å².